The van der Waals surface area contributed by atoms with Crippen molar-refractivity contribution in [2.24, 2.45) is 5.41 Å². The SMILES string of the molecule is CCOc1cc(-c2ccc(N3CCC4(CCN(C(=O)c5c(F)cccc5Cl)CC4)CC3)nc2)c2c3cn[nH]c3nn2c1. The summed E-state index contributed by atoms with van der Waals surface area (Å²) in [4.78, 5) is 22.0. The van der Waals surface area contributed by atoms with Crippen LogP contribution in [0.3, 0.4) is 0 Å². The number of likely N-dealkylation sites (tertiary alicyclic amines) is 1. The van der Waals surface area contributed by atoms with Gasteiger partial charge in [0.1, 0.15) is 17.4 Å². The quantitative estimate of drug-likeness (QED) is 0.272. The van der Waals surface area contributed by atoms with E-state index in [1.54, 1.807) is 17.2 Å². The van der Waals surface area contributed by atoms with Gasteiger partial charge in [-0.3, -0.25) is 9.89 Å². The first-order valence-electron chi connectivity index (χ1n) is 14.4. The fraction of sp³-hybridized carbons (Fsp3) is 0.355. The van der Waals surface area contributed by atoms with E-state index in [1.165, 1.54) is 12.1 Å². The topological polar surface area (TPSA) is 91.6 Å². The van der Waals surface area contributed by atoms with E-state index in [0.29, 0.717) is 19.7 Å². The van der Waals surface area contributed by atoms with E-state index in [-0.39, 0.29) is 21.9 Å². The van der Waals surface area contributed by atoms with Gasteiger partial charge in [-0.2, -0.15) is 5.10 Å². The summed E-state index contributed by atoms with van der Waals surface area (Å²) < 4.78 is 22.0. The number of benzene rings is 1. The van der Waals surface area contributed by atoms with Crippen LogP contribution < -0.4 is 9.64 Å². The van der Waals surface area contributed by atoms with Gasteiger partial charge in [-0.05, 0) is 68.4 Å². The number of hydrogen-bond donors (Lipinski definition) is 1. The third-order valence-corrected chi connectivity index (χ3v) is 9.22. The molecule has 7 rings (SSSR count). The van der Waals surface area contributed by atoms with Gasteiger partial charge in [-0.15, -0.1) is 5.10 Å². The Balaban J connectivity index is 1.04. The number of piperidine rings is 2. The van der Waals surface area contributed by atoms with Gasteiger partial charge in [-0.1, -0.05) is 17.7 Å². The van der Waals surface area contributed by atoms with Crippen molar-refractivity contribution >= 4 is 39.9 Å². The first-order valence-corrected chi connectivity index (χ1v) is 14.8. The van der Waals surface area contributed by atoms with Crippen molar-refractivity contribution < 1.29 is 13.9 Å². The molecule has 216 valence electrons. The number of aromatic amines is 1. The van der Waals surface area contributed by atoms with Crippen LogP contribution in [0.1, 0.15) is 43.0 Å². The second-order valence-electron chi connectivity index (χ2n) is 11.2. The number of fused-ring (bicyclic) bond motifs is 3. The number of H-pyrrole nitrogens is 1. The summed E-state index contributed by atoms with van der Waals surface area (Å²) in [5.41, 5.74) is 3.82. The average molecular weight is 588 g/mol. The molecular weight excluding hydrogens is 557 g/mol. The number of rotatable bonds is 5. The Bertz CT molecular complexity index is 1750. The van der Waals surface area contributed by atoms with Crippen LogP contribution in [0.5, 0.6) is 5.75 Å². The Labute approximate surface area is 247 Å². The first kappa shape index (κ1) is 26.7. The number of anilines is 1. The highest BCUT2D eigenvalue weighted by Gasteiger charge is 2.39. The molecule has 42 heavy (non-hydrogen) atoms. The molecule has 9 nitrogen and oxygen atoms in total. The lowest BCUT2D eigenvalue weighted by Gasteiger charge is -2.47. The smallest absolute Gasteiger partial charge is 0.258 e. The zero-order chi connectivity index (χ0) is 28.8. The molecule has 1 amide bonds. The highest BCUT2D eigenvalue weighted by atomic mass is 35.5. The molecule has 6 heterocycles. The summed E-state index contributed by atoms with van der Waals surface area (Å²) in [5.74, 6) is 0.816. The van der Waals surface area contributed by atoms with E-state index < -0.39 is 5.82 Å². The van der Waals surface area contributed by atoms with Gasteiger partial charge < -0.3 is 14.5 Å². The predicted molar refractivity (Wildman–Crippen MR) is 160 cm³/mol. The van der Waals surface area contributed by atoms with Gasteiger partial charge >= 0.3 is 0 Å². The molecule has 4 aromatic heterocycles. The van der Waals surface area contributed by atoms with Crippen LogP contribution in [0.15, 0.2) is 55.0 Å². The largest absolute Gasteiger partial charge is 0.492 e. The van der Waals surface area contributed by atoms with Crippen LogP contribution >= 0.6 is 11.6 Å². The molecule has 0 bridgehead atoms. The zero-order valence-corrected chi connectivity index (χ0v) is 24.1. The lowest BCUT2D eigenvalue weighted by molar-refractivity contribution is 0.0511. The van der Waals surface area contributed by atoms with Gasteiger partial charge in [0, 0.05) is 43.5 Å². The number of nitrogens with zero attached hydrogens (tertiary/aromatic N) is 6. The van der Waals surface area contributed by atoms with Crippen molar-refractivity contribution in [3.05, 3.63) is 71.4 Å². The molecule has 2 aliphatic rings. The molecular formula is C31H31ClFN7O2. The lowest BCUT2D eigenvalue weighted by atomic mass is 9.71. The first-order chi connectivity index (χ1) is 20.4. The number of aromatic nitrogens is 5. The van der Waals surface area contributed by atoms with Crippen LogP contribution in [0.2, 0.25) is 5.02 Å². The van der Waals surface area contributed by atoms with Crippen molar-refractivity contribution in [3.8, 4) is 16.9 Å². The summed E-state index contributed by atoms with van der Waals surface area (Å²) in [6.45, 7) is 5.57. The van der Waals surface area contributed by atoms with E-state index in [1.807, 2.05) is 29.9 Å². The second-order valence-corrected chi connectivity index (χ2v) is 11.6. The maximum atomic E-state index is 14.3. The summed E-state index contributed by atoms with van der Waals surface area (Å²) in [6, 6.07) is 10.6. The molecule has 1 N–H and O–H groups in total. The molecule has 0 atom stereocenters. The second kappa shape index (κ2) is 10.6. The maximum absolute atomic E-state index is 14.3. The molecule has 2 fully saturated rings. The maximum Gasteiger partial charge on any atom is 0.258 e. The number of halogens is 2. The Morgan fingerprint density at radius 3 is 2.60 bits per heavy atom. The normalized spacial score (nSPS) is 16.9. The minimum atomic E-state index is -0.564. The Kier molecular flexibility index (Phi) is 6.73. The Morgan fingerprint density at radius 2 is 1.88 bits per heavy atom. The average Bonchev–Trinajstić information content (AvgIpc) is 3.59. The van der Waals surface area contributed by atoms with E-state index >= 15 is 0 Å². The third kappa shape index (κ3) is 4.63. The Hall–Kier alpha value is -4.18. The predicted octanol–water partition coefficient (Wildman–Crippen LogP) is 5.99. The monoisotopic (exact) mass is 587 g/mol. The van der Waals surface area contributed by atoms with E-state index in [4.69, 9.17) is 21.3 Å². The summed E-state index contributed by atoms with van der Waals surface area (Å²) in [6.07, 6.45) is 9.48. The minimum Gasteiger partial charge on any atom is -0.492 e. The number of amides is 1. The van der Waals surface area contributed by atoms with Crippen molar-refractivity contribution in [1.29, 1.82) is 0 Å². The van der Waals surface area contributed by atoms with Gasteiger partial charge in [0.25, 0.3) is 5.91 Å². The van der Waals surface area contributed by atoms with Crippen molar-refractivity contribution in [3.63, 3.8) is 0 Å². The van der Waals surface area contributed by atoms with Gasteiger partial charge in [0.2, 0.25) is 0 Å². The van der Waals surface area contributed by atoms with Crippen LogP contribution in [0.4, 0.5) is 10.2 Å². The van der Waals surface area contributed by atoms with Gasteiger partial charge in [0.05, 0.1) is 40.5 Å². The molecule has 2 aliphatic heterocycles. The highest BCUT2D eigenvalue weighted by molar-refractivity contribution is 6.33. The molecule has 0 aliphatic carbocycles. The standard InChI is InChI=1S/C31H31ClFN7O2/c1-2-42-21-16-22(28-23-18-35-36-29(23)37-40(28)19-21)20-6-7-26(34-17-20)38-12-8-31(9-13-38)10-14-39(15-11-31)30(41)27-24(32)4-3-5-25(27)33/h3-7,16-19H,2,8-15H2,1H3,(H,36,37). The number of pyridine rings is 2. The van der Waals surface area contributed by atoms with Crippen LogP contribution in [-0.2, 0) is 0 Å². The number of carbonyl (C=O) groups is 1. The zero-order valence-electron chi connectivity index (χ0n) is 23.3. The molecule has 2 saturated heterocycles. The molecule has 0 radical (unpaired) electrons. The van der Waals surface area contributed by atoms with Gasteiger partial charge in [0.15, 0.2) is 5.65 Å². The van der Waals surface area contributed by atoms with E-state index in [9.17, 15) is 9.18 Å². The number of ether oxygens (including phenoxy) is 1. The fourth-order valence-electron chi connectivity index (χ4n) is 6.49. The number of hydrogen-bond acceptors (Lipinski definition) is 6. The third-order valence-electron chi connectivity index (χ3n) is 8.91. The lowest BCUT2D eigenvalue weighted by Crippen LogP contribution is -2.48. The number of carbonyl (C=O) groups excluding carboxylic acids is 1. The summed E-state index contributed by atoms with van der Waals surface area (Å²) in [7, 11) is 0. The number of nitrogens with one attached hydrogen (secondary N) is 1. The summed E-state index contributed by atoms with van der Waals surface area (Å²) in [5, 5.41) is 12.8. The molecule has 1 aromatic carbocycles. The molecule has 5 aromatic rings. The minimum absolute atomic E-state index is 0.0211. The van der Waals surface area contributed by atoms with Crippen molar-refractivity contribution in [2.75, 3.05) is 37.7 Å². The summed E-state index contributed by atoms with van der Waals surface area (Å²) >= 11 is 6.15. The van der Waals surface area contributed by atoms with Crippen LogP contribution in [-0.4, -0.2) is 68.4 Å². The molecule has 0 unspecified atom stereocenters. The molecule has 1 spiro atoms. The van der Waals surface area contributed by atoms with Crippen LogP contribution in [0, 0.1) is 11.2 Å². The molecule has 0 saturated carbocycles. The van der Waals surface area contributed by atoms with E-state index in [2.05, 4.69) is 32.3 Å². The van der Waals surface area contributed by atoms with Crippen molar-refractivity contribution in [1.82, 2.24) is 29.7 Å². The van der Waals surface area contributed by atoms with Gasteiger partial charge in [-0.25, -0.2) is 13.9 Å². The van der Waals surface area contributed by atoms with Crippen molar-refractivity contribution in [2.45, 2.75) is 32.6 Å². The molecule has 11 heteroatoms. The highest BCUT2D eigenvalue weighted by Crippen LogP contribution is 2.43. The van der Waals surface area contributed by atoms with Crippen LogP contribution in [0.25, 0.3) is 27.7 Å². The Morgan fingerprint density at radius 1 is 1.10 bits per heavy atom. The fourth-order valence-corrected chi connectivity index (χ4v) is 6.74. The van der Waals surface area contributed by atoms with E-state index in [0.717, 1.165) is 78.0 Å².